The first kappa shape index (κ1) is 13.5. The molecular weight excluding hydrogens is 276 g/mol. The summed E-state index contributed by atoms with van der Waals surface area (Å²) in [5.41, 5.74) is 0. The molecule has 0 aliphatic carbocycles. The first-order valence-corrected chi connectivity index (χ1v) is 8.59. The summed E-state index contributed by atoms with van der Waals surface area (Å²) in [6.45, 7) is 0.175. The van der Waals surface area contributed by atoms with E-state index < -0.39 is 20.0 Å². The minimum atomic E-state index is -3.83. The van der Waals surface area contributed by atoms with Crippen molar-refractivity contribution in [1.29, 1.82) is 0 Å². The molecule has 0 unspecified atom stereocenters. The lowest BCUT2D eigenvalue weighted by molar-refractivity contribution is 0.352. The van der Waals surface area contributed by atoms with E-state index in [1.165, 1.54) is 12.1 Å². The number of nitrogens with one attached hydrogen (secondary N) is 1. The molecule has 6 nitrogen and oxygen atoms in total. The average molecular weight is 290 g/mol. The van der Waals surface area contributed by atoms with E-state index >= 15 is 0 Å². The quantitative estimate of drug-likeness (QED) is 0.868. The van der Waals surface area contributed by atoms with Crippen molar-refractivity contribution in [2.24, 2.45) is 0 Å². The van der Waals surface area contributed by atoms with Gasteiger partial charge in [0, 0.05) is 6.54 Å². The van der Waals surface area contributed by atoms with Crippen molar-refractivity contribution in [3.63, 3.8) is 0 Å². The number of rotatable bonds is 3. The van der Waals surface area contributed by atoms with Crippen LogP contribution in [0.25, 0.3) is 0 Å². The van der Waals surface area contributed by atoms with Crippen molar-refractivity contribution in [2.75, 3.05) is 12.3 Å². The Labute approximate surface area is 107 Å². The molecule has 18 heavy (non-hydrogen) atoms. The fourth-order valence-corrected chi connectivity index (χ4v) is 4.60. The number of hydrazine groups is 1. The third-order valence-electron chi connectivity index (χ3n) is 2.62. The maximum atomic E-state index is 12.0. The molecule has 1 N–H and O–H groups in total. The van der Waals surface area contributed by atoms with Gasteiger partial charge in [-0.2, -0.15) is 0 Å². The van der Waals surface area contributed by atoms with Gasteiger partial charge in [-0.3, -0.25) is 0 Å². The van der Waals surface area contributed by atoms with Crippen molar-refractivity contribution in [3.05, 3.63) is 30.3 Å². The molecule has 0 amide bonds. The number of hydrogen-bond donors (Lipinski definition) is 1. The van der Waals surface area contributed by atoms with Gasteiger partial charge in [-0.25, -0.2) is 16.8 Å². The van der Waals surface area contributed by atoms with E-state index in [0.29, 0.717) is 12.8 Å². The fourth-order valence-electron chi connectivity index (χ4n) is 1.68. The Morgan fingerprint density at radius 1 is 1.11 bits per heavy atom. The zero-order valence-corrected chi connectivity index (χ0v) is 11.2. The van der Waals surface area contributed by atoms with E-state index in [1.54, 1.807) is 18.2 Å². The Morgan fingerprint density at radius 3 is 2.39 bits per heavy atom. The Morgan fingerprint density at radius 2 is 1.78 bits per heavy atom. The molecule has 100 valence electrons. The van der Waals surface area contributed by atoms with Gasteiger partial charge in [-0.05, 0) is 25.0 Å². The molecule has 1 aliphatic rings. The smallest absolute Gasteiger partial charge is 0.211 e. The molecule has 1 heterocycles. The monoisotopic (exact) mass is 290 g/mol. The van der Waals surface area contributed by atoms with Gasteiger partial charge in [0.2, 0.25) is 10.0 Å². The predicted octanol–water partition coefficient (Wildman–Crippen LogP) is 0.305. The summed E-state index contributed by atoms with van der Waals surface area (Å²) in [7, 11) is -7.36. The molecule has 1 aromatic rings. The Hall–Kier alpha value is -0.960. The van der Waals surface area contributed by atoms with Gasteiger partial charge in [-0.15, -0.1) is 9.25 Å². The normalized spacial score (nSPS) is 20.7. The van der Waals surface area contributed by atoms with E-state index in [9.17, 15) is 16.8 Å². The van der Waals surface area contributed by atoms with E-state index in [0.717, 1.165) is 4.41 Å². The molecular formula is C10H14N2O4S2. The molecule has 8 heteroatoms. The molecule has 0 saturated carbocycles. The molecule has 0 aromatic heterocycles. The van der Waals surface area contributed by atoms with E-state index in [-0.39, 0.29) is 17.2 Å². The van der Waals surface area contributed by atoms with Crippen LogP contribution in [0.1, 0.15) is 12.8 Å². The van der Waals surface area contributed by atoms with Gasteiger partial charge < -0.3 is 0 Å². The lowest BCUT2D eigenvalue weighted by atomic mass is 10.3. The third-order valence-corrected chi connectivity index (χ3v) is 5.84. The largest absolute Gasteiger partial charge is 0.254 e. The lowest BCUT2D eigenvalue weighted by Gasteiger charge is -2.26. The summed E-state index contributed by atoms with van der Waals surface area (Å²) in [5.74, 6) is -0.0235. The molecule has 1 saturated heterocycles. The van der Waals surface area contributed by atoms with Crippen molar-refractivity contribution in [2.45, 2.75) is 17.7 Å². The van der Waals surface area contributed by atoms with Crippen LogP contribution < -0.4 is 4.83 Å². The lowest BCUT2D eigenvalue weighted by Crippen LogP contribution is -2.49. The van der Waals surface area contributed by atoms with E-state index in [2.05, 4.69) is 4.83 Å². The highest BCUT2D eigenvalue weighted by molar-refractivity contribution is 7.92. The molecule has 0 radical (unpaired) electrons. The van der Waals surface area contributed by atoms with Crippen LogP contribution in [0.2, 0.25) is 0 Å². The standard InChI is InChI=1S/C10H14N2O4S2/c13-17(14)9-5-4-8-12(17)11-18(15,16)10-6-2-1-3-7-10/h1-3,6-7,11H,4-5,8-9H2. The van der Waals surface area contributed by atoms with Gasteiger partial charge in [-0.1, -0.05) is 18.2 Å². The van der Waals surface area contributed by atoms with Crippen molar-refractivity contribution in [3.8, 4) is 0 Å². The molecule has 2 rings (SSSR count). The van der Waals surface area contributed by atoms with E-state index in [1.807, 2.05) is 0 Å². The maximum Gasteiger partial charge on any atom is 0.254 e. The fraction of sp³-hybridized carbons (Fsp3) is 0.400. The first-order valence-electron chi connectivity index (χ1n) is 5.50. The minimum absolute atomic E-state index is 0.0235. The van der Waals surface area contributed by atoms with E-state index in [4.69, 9.17) is 0 Å². The second-order valence-electron chi connectivity index (χ2n) is 4.00. The predicted molar refractivity (Wildman–Crippen MR) is 66.5 cm³/mol. The van der Waals surface area contributed by atoms with Gasteiger partial charge >= 0.3 is 0 Å². The molecule has 0 spiro atoms. The zero-order valence-electron chi connectivity index (χ0n) is 9.61. The Kier molecular flexibility index (Phi) is 3.71. The van der Waals surface area contributed by atoms with Crippen LogP contribution in [0.4, 0.5) is 0 Å². The Bertz CT molecular complexity index is 611. The van der Waals surface area contributed by atoms with Crippen molar-refractivity contribution in [1.82, 2.24) is 9.25 Å². The van der Waals surface area contributed by atoms with Crippen molar-refractivity contribution >= 4 is 20.0 Å². The highest BCUT2D eigenvalue weighted by Crippen LogP contribution is 2.14. The molecule has 1 fully saturated rings. The topological polar surface area (TPSA) is 83.6 Å². The summed E-state index contributed by atoms with van der Waals surface area (Å²) in [4.78, 5) is 2.17. The van der Waals surface area contributed by atoms with Crippen LogP contribution in [-0.4, -0.2) is 33.5 Å². The van der Waals surface area contributed by atoms with Gasteiger partial charge in [0.25, 0.3) is 10.0 Å². The molecule has 1 aliphatic heterocycles. The first-order chi connectivity index (χ1) is 8.42. The highest BCUT2D eigenvalue weighted by atomic mass is 32.2. The number of hydrogen-bond acceptors (Lipinski definition) is 4. The molecule has 0 bridgehead atoms. The zero-order chi connectivity index (χ0) is 13.2. The van der Waals surface area contributed by atoms with Crippen molar-refractivity contribution < 1.29 is 16.8 Å². The highest BCUT2D eigenvalue weighted by Gasteiger charge is 2.30. The maximum absolute atomic E-state index is 12.0. The summed E-state index contributed by atoms with van der Waals surface area (Å²) in [6, 6.07) is 7.69. The SMILES string of the molecule is O=S(=O)(NN1CCCCS1(=O)=O)c1ccccc1. The second kappa shape index (κ2) is 4.96. The van der Waals surface area contributed by atoms with Gasteiger partial charge in [0.1, 0.15) is 0 Å². The summed E-state index contributed by atoms with van der Waals surface area (Å²) in [6.07, 6.45) is 1.21. The molecule has 0 atom stereocenters. The number of benzene rings is 1. The van der Waals surface area contributed by atoms with Crippen LogP contribution >= 0.6 is 0 Å². The van der Waals surface area contributed by atoms with Gasteiger partial charge in [0.15, 0.2) is 0 Å². The summed E-state index contributed by atoms with van der Waals surface area (Å²) < 4.78 is 48.1. The van der Waals surface area contributed by atoms with Crippen LogP contribution in [-0.2, 0) is 20.0 Å². The van der Waals surface area contributed by atoms with Crippen LogP contribution in [0.15, 0.2) is 35.2 Å². The minimum Gasteiger partial charge on any atom is -0.211 e. The summed E-state index contributed by atoms with van der Waals surface area (Å²) in [5, 5.41) is 0. The average Bonchev–Trinajstić information content (AvgIpc) is 2.33. The number of nitrogens with zero attached hydrogens (tertiary/aromatic N) is 1. The second-order valence-corrected chi connectivity index (χ2v) is 7.68. The third kappa shape index (κ3) is 2.89. The van der Waals surface area contributed by atoms with Gasteiger partial charge in [0.05, 0.1) is 10.6 Å². The van der Waals surface area contributed by atoms with Crippen LogP contribution in [0.5, 0.6) is 0 Å². The van der Waals surface area contributed by atoms with Crippen LogP contribution in [0.3, 0.4) is 0 Å². The molecule has 1 aromatic carbocycles. The number of sulfonamides is 2. The van der Waals surface area contributed by atoms with Crippen LogP contribution in [0, 0.1) is 0 Å². The summed E-state index contributed by atoms with van der Waals surface area (Å²) >= 11 is 0. The Balaban J connectivity index is 2.24.